The van der Waals surface area contributed by atoms with Crippen molar-refractivity contribution < 1.29 is 27.6 Å². The van der Waals surface area contributed by atoms with Gasteiger partial charge in [-0.2, -0.15) is 13.2 Å². The summed E-state index contributed by atoms with van der Waals surface area (Å²) in [6.45, 7) is 0. The first-order chi connectivity index (χ1) is 18.1. The van der Waals surface area contributed by atoms with Crippen LogP contribution in [0.2, 0.25) is 5.02 Å². The molecule has 3 aromatic rings. The summed E-state index contributed by atoms with van der Waals surface area (Å²) in [5, 5.41) is 2.89. The van der Waals surface area contributed by atoms with E-state index in [9.17, 15) is 27.6 Å². The van der Waals surface area contributed by atoms with E-state index < -0.39 is 53.4 Å². The Morgan fingerprint density at radius 3 is 2.39 bits per heavy atom. The topological polar surface area (TPSA) is 69.7 Å². The molecule has 0 aromatic heterocycles. The van der Waals surface area contributed by atoms with Crippen molar-refractivity contribution in [1.29, 1.82) is 0 Å². The van der Waals surface area contributed by atoms with Crippen molar-refractivity contribution in [2.75, 3.05) is 10.2 Å². The molecule has 0 bridgehead atoms. The summed E-state index contributed by atoms with van der Waals surface area (Å²) in [6.07, 6.45) is -1.12. The number of imide groups is 1. The number of alkyl halides is 3. The van der Waals surface area contributed by atoms with Gasteiger partial charge >= 0.3 is 6.18 Å². The number of carbonyl (C=O) groups excluding carboxylic acids is 3. The van der Waals surface area contributed by atoms with Gasteiger partial charge in [-0.25, -0.2) is 4.90 Å². The van der Waals surface area contributed by atoms with Crippen LogP contribution in [0.15, 0.2) is 79.0 Å². The number of hydrogen-bond acceptors (Lipinski definition) is 4. The number of nitrogens with one attached hydrogen (secondary N) is 1. The van der Waals surface area contributed by atoms with Crippen LogP contribution in [0.25, 0.3) is 6.08 Å². The van der Waals surface area contributed by atoms with Crippen molar-refractivity contribution in [3.05, 3.63) is 101 Å². The van der Waals surface area contributed by atoms with Crippen LogP contribution in [-0.2, 0) is 20.6 Å². The van der Waals surface area contributed by atoms with Crippen molar-refractivity contribution in [3.8, 4) is 0 Å². The molecule has 0 radical (unpaired) electrons. The van der Waals surface area contributed by atoms with Gasteiger partial charge in [0.15, 0.2) is 0 Å². The Balaban J connectivity index is 1.42. The summed E-state index contributed by atoms with van der Waals surface area (Å²) in [5.74, 6) is -3.65. The van der Waals surface area contributed by atoms with Gasteiger partial charge in [-0.1, -0.05) is 48.0 Å². The lowest BCUT2D eigenvalue weighted by atomic mass is 9.84. The minimum Gasteiger partial charge on any atom is -0.357 e. The molecular formula is C28H19ClF3N3O3. The molecule has 6 rings (SSSR count). The maximum atomic E-state index is 13.8. The monoisotopic (exact) mass is 537 g/mol. The SMILES string of the molecule is O=C(Nc1cccc(C(F)(F)F)c1)C1C2C(=O)N(c3cccc(Cl)c3)C(=O)C2C2c3ccccc3C=CN12. The number of halogens is 4. The maximum absolute atomic E-state index is 13.8. The third-order valence-corrected chi connectivity index (χ3v) is 7.49. The summed E-state index contributed by atoms with van der Waals surface area (Å²) in [7, 11) is 0. The van der Waals surface area contributed by atoms with Crippen LogP contribution in [0.1, 0.15) is 22.7 Å². The van der Waals surface area contributed by atoms with Crippen LogP contribution in [-0.4, -0.2) is 28.7 Å². The molecule has 192 valence electrons. The second-order valence-electron chi connectivity index (χ2n) is 9.39. The van der Waals surface area contributed by atoms with Crippen molar-refractivity contribution in [1.82, 2.24) is 4.90 Å². The van der Waals surface area contributed by atoms with E-state index >= 15 is 0 Å². The molecule has 4 unspecified atom stereocenters. The Morgan fingerprint density at radius 2 is 1.63 bits per heavy atom. The van der Waals surface area contributed by atoms with E-state index in [1.165, 1.54) is 18.2 Å². The lowest BCUT2D eigenvalue weighted by Crippen LogP contribution is -2.46. The molecule has 1 N–H and O–H groups in total. The first-order valence-corrected chi connectivity index (χ1v) is 12.2. The maximum Gasteiger partial charge on any atom is 0.416 e. The van der Waals surface area contributed by atoms with Gasteiger partial charge in [0.2, 0.25) is 17.7 Å². The molecule has 10 heteroatoms. The van der Waals surface area contributed by atoms with Crippen LogP contribution in [0.5, 0.6) is 0 Å². The van der Waals surface area contributed by atoms with E-state index in [0.717, 1.165) is 28.2 Å². The Labute approximate surface area is 220 Å². The predicted molar refractivity (Wildman–Crippen MR) is 135 cm³/mol. The Bertz CT molecular complexity index is 1520. The fraction of sp³-hybridized carbons (Fsp3) is 0.179. The number of hydrogen-bond donors (Lipinski definition) is 1. The van der Waals surface area contributed by atoms with Gasteiger partial charge in [0, 0.05) is 16.9 Å². The van der Waals surface area contributed by atoms with Gasteiger partial charge < -0.3 is 10.2 Å². The zero-order chi connectivity index (χ0) is 26.8. The minimum atomic E-state index is -4.59. The van der Waals surface area contributed by atoms with Crippen LogP contribution >= 0.6 is 11.6 Å². The van der Waals surface area contributed by atoms with E-state index in [4.69, 9.17) is 11.6 Å². The highest BCUT2D eigenvalue weighted by molar-refractivity contribution is 6.31. The van der Waals surface area contributed by atoms with Crippen LogP contribution < -0.4 is 10.2 Å². The Kier molecular flexibility index (Phi) is 5.57. The number of benzene rings is 3. The van der Waals surface area contributed by atoms with Crippen molar-refractivity contribution in [2.45, 2.75) is 18.3 Å². The quantitative estimate of drug-likeness (QED) is 0.447. The Morgan fingerprint density at radius 1 is 0.895 bits per heavy atom. The molecule has 3 aromatic carbocycles. The van der Waals surface area contributed by atoms with E-state index in [2.05, 4.69) is 5.32 Å². The van der Waals surface area contributed by atoms with E-state index in [1.807, 2.05) is 24.3 Å². The molecule has 2 fully saturated rings. The largest absolute Gasteiger partial charge is 0.416 e. The first-order valence-electron chi connectivity index (χ1n) is 11.8. The summed E-state index contributed by atoms with van der Waals surface area (Å²) < 4.78 is 39.7. The van der Waals surface area contributed by atoms with Gasteiger partial charge in [-0.3, -0.25) is 14.4 Å². The summed E-state index contributed by atoms with van der Waals surface area (Å²) >= 11 is 6.12. The molecule has 3 heterocycles. The van der Waals surface area contributed by atoms with Crippen molar-refractivity contribution in [2.24, 2.45) is 11.8 Å². The third kappa shape index (κ3) is 3.77. The smallest absolute Gasteiger partial charge is 0.357 e. The minimum absolute atomic E-state index is 0.0605. The second kappa shape index (κ2) is 8.73. The molecule has 3 aliphatic rings. The highest BCUT2D eigenvalue weighted by Crippen LogP contribution is 2.53. The number of fused-ring (bicyclic) bond motifs is 5. The zero-order valence-corrected chi connectivity index (χ0v) is 20.3. The lowest BCUT2D eigenvalue weighted by molar-refractivity contribution is -0.137. The average molecular weight is 538 g/mol. The van der Waals surface area contributed by atoms with Crippen molar-refractivity contribution in [3.63, 3.8) is 0 Å². The Hall–Kier alpha value is -4.11. The molecule has 3 aliphatic heterocycles. The van der Waals surface area contributed by atoms with Crippen LogP contribution in [0.3, 0.4) is 0 Å². The van der Waals surface area contributed by atoms with Gasteiger partial charge in [-0.15, -0.1) is 0 Å². The number of carbonyl (C=O) groups is 3. The first kappa shape index (κ1) is 24.2. The van der Waals surface area contributed by atoms with Gasteiger partial charge in [0.05, 0.1) is 29.1 Å². The average Bonchev–Trinajstić information content (AvgIpc) is 3.36. The molecule has 38 heavy (non-hydrogen) atoms. The summed E-state index contributed by atoms with van der Waals surface area (Å²) in [5.41, 5.74) is 0.963. The number of rotatable bonds is 3. The number of anilines is 2. The summed E-state index contributed by atoms with van der Waals surface area (Å²) in [6, 6.07) is 16.3. The van der Waals surface area contributed by atoms with Crippen molar-refractivity contribution >= 4 is 46.8 Å². The number of nitrogens with zero attached hydrogens (tertiary/aromatic N) is 2. The molecule has 2 saturated heterocycles. The van der Waals surface area contributed by atoms with Crippen LogP contribution in [0, 0.1) is 11.8 Å². The van der Waals surface area contributed by atoms with Gasteiger partial charge in [-0.05, 0) is 53.6 Å². The second-order valence-corrected chi connectivity index (χ2v) is 9.83. The fourth-order valence-corrected chi connectivity index (χ4v) is 5.90. The zero-order valence-electron chi connectivity index (χ0n) is 19.5. The fourth-order valence-electron chi connectivity index (χ4n) is 5.72. The van der Waals surface area contributed by atoms with E-state index in [0.29, 0.717) is 10.7 Å². The molecule has 4 atom stereocenters. The normalized spacial score (nSPS) is 23.8. The molecule has 0 aliphatic carbocycles. The van der Waals surface area contributed by atoms with Gasteiger partial charge in [0.25, 0.3) is 0 Å². The van der Waals surface area contributed by atoms with Crippen LogP contribution in [0.4, 0.5) is 24.5 Å². The molecule has 0 spiro atoms. The van der Waals surface area contributed by atoms with E-state index in [-0.39, 0.29) is 5.69 Å². The molecule has 0 saturated carbocycles. The highest BCUT2D eigenvalue weighted by Gasteiger charge is 2.64. The number of amides is 3. The predicted octanol–water partition coefficient (Wildman–Crippen LogP) is 5.51. The third-order valence-electron chi connectivity index (χ3n) is 7.25. The van der Waals surface area contributed by atoms with E-state index in [1.54, 1.807) is 35.4 Å². The molecule has 6 nitrogen and oxygen atoms in total. The summed E-state index contributed by atoms with van der Waals surface area (Å²) in [4.78, 5) is 44.0. The molecular weight excluding hydrogens is 519 g/mol. The molecule has 3 amide bonds. The highest BCUT2D eigenvalue weighted by atomic mass is 35.5. The lowest BCUT2D eigenvalue weighted by Gasteiger charge is -2.35. The standard InChI is InChI=1S/C28H19ClF3N3O3/c29-17-7-4-9-19(14-17)35-26(37)21-22(27(35)38)24(34-12-11-15-5-1-2-10-20(15)23(21)34)25(36)33-18-8-3-6-16(13-18)28(30,31)32/h1-14,21-24H,(H,33,36). The van der Waals surface area contributed by atoms with Gasteiger partial charge in [0.1, 0.15) is 6.04 Å².